The van der Waals surface area contributed by atoms with Crippen molar-refractivity contribution in [2.24, 2.45) is 0 Å². The van der Waals surface area contributed by atoms with E-state index in [4.69, 9.17) is 11.6 Å². The second-order valence-corrected chi connectivity index (χ2v) is 7.66. The van der Waals surface area contributed by atoms with Crippen molar-refractivity contribution in [2.45, 2.75) is 37.6 Å². The molecule has 1 amide bonds. The lowest BCUT2D eigenvalue weighted by atomic mass is 10.2. The highest BCUT2D eigenvalue weighted by Crippen LogP contribution is 2.34. The molecule has 1 aromatic rings. The predicted octanol–water partition coefficient (Wildman–Crippen LogP) is 1.84. The van der Waals surface area contributed by atoms with E-state index in [0.717, 1.165) is 4.31 Å². The average molecular weight is 361 g/mol. The molecule has 2 N–H and O–H groups in total. The Balaban J connectivity index is 2.56. The van der Waals surface area contributed by atoms with E-state index in [2.05, 4.69) is 5.32 Å². The molecular formula is C14H17ClN2O5S. The van der Waals surface area contributed by atoms with Gasteiger partial charge in [-0.1, -0.05) is 11.6 Å². The molecule has 1 aliphatic heterocycles. The molecule has 0 bridgehead atoms. The van der Waals surface area contributed by atoms with Gasteiger partial charge in [0, 0.05) is 18.5 Å². The van der Waals surface area contributed by atoms with Crippen LogP contribution >= 0.6 is 11.6 Å². The largest absolute Gasteiger partial charge is 0.480 e. The number of nitrogens with zero attached hydrogens (tertiary/aromatic N) is 1. The Morgan fingerprint density at radius 3 is 2.61 bits per heavy atom. The van der Waals surface area contributed by atoms with Crippen LogP contribution in [0.15, 0.2) is 17.0 Å². The first-order valence-corrected chi connectivity index (χ1v) is 8.78. The van der Waals surface area contributed by atoms with Gasteiger partial charge in [-0.15, -0.1) is 0 Å². The Labute approximate surface area is 139 Å². The molecule has 0 aromatic heterocycles. The molecular weight excluding hydrogens is 344 g/mol. The maximum absolute atomic E-state index is 12.9. The van der Waals surface area contributed by atoms with Crippen LogP contribution in [0.1, 0.15) is 25.3 Å². The summed E-state index contributed by atoms with van der Waals surface area (Å²) in [6.07, 6.45) is 0.717. The van der Waals surface area contributed by atoms with Crippen molar-refractivity contribution in [3.05, 3.63) is 22.7 Å². The minimum absolute atomic E-state index is 0.0930. The van der Waals surface area contributed by atoms with E-state index in [1.807, 2.05) is 0 Å². The number of rotatable bonds is 4. The highest BCUT2D eigenvalue weighted by atomic mass is 35.5. The summed E-state index contributed by atoms with van der Waals surface area (Å²) in [4.78, 5) is 22.4. The van der Waals surface area contributed by atoms with Crippen LogP contribution in [0.4, 0.5) is 5.69 Å². The number of carbonyl (C=O) groups is 2. The summed E-state index contributed by atoms with van der Waals surface area (Å²) in [6.45, 7) is 3.06. The van der Waals surface area contributed by atoms with Gasteiger partial charge < -0.3 is 10.4 Å². The molecule has 2 rings (SSSR count). The van der Waals surface area contributed by atoms with Gasteiger partial charge in [0.25, 0.3) is 0 Å². The molecule has 9 heteroatoms. The number of aliphatic carboxylic acids is 1. The number of anilines is 1. The fourth-order valence-electron chi connectivity index (χ4n) is 2.56. The van der Waals surface area contributed by atoms with Crippen molar-refractivity contribution >= 4 is 39.2 Å². The number of benzene rings is 1. The number of nitrogens with one attached hydrogen (secondary N) is 1. The number of amides is 1. The minimum atomic E-state index is -4.10. The number of aryl methyl sites for hydroxylation is 1. The molecule has 1 heterocycles. The molecule has 23 heavy (non-hydrogen) atoms. The van der Waals surface area contributed by atoms with Gasteiger partial charge in [-0.2, -0.15) is 4.31 Å². The van der Waals surface area contributed by atoms with Crippen molar-refractivity contribution in [2.75, 3.05) is 11.9 Å². The Morgan fingerprint density at radius 1 is 1.39 bits per heavy atom. The molecule has 0 spiro atoms. The standard InChI is InChI=1S/C14H17ClN2O5S/c1-8-6-11(16-9(2)18)13(7-10(8)15)23(21,22)17-5-3-4-12(17)14(19)20/h6-7,12H,3-5H2,1-2H3,(H,16,18)(H,19,20)/t12-/m0/s1. The van der Waals surface area contributed by atoms with E-state index < -0.39 is 27.9 Å². The molecule has 0 unspecified atom stereocenters. The van der Waals surface area contributed by atoms with E-state index in [1.54, 1.807) is 6.92 Å². The van der Waals surface area contributed by atoms with Gasteiger partial charge in [0.05, 0.1) is 5.69 Å². The zero-order valence-electron chi connectivity index (χ0n) is 12.7. The summed E-state index contributed by atoms with van der Waals surface area (Å²) in [5, 5.41) is 11.9. The summed E-state index contributed by atoms with van der Waals surface area (Å²) < 4.78 is 26.7. The van der Waals surface area contributed by atoms with Gasteiger partial charge >= 0.3 is 5.97 Å². The molecule has 1 atom stereocenters. The Hall–Kier alpha value is -1.64. The summed E-state index contributed by atoms with van der Waals surface area (Å²) in [7, 11) is -4.10. The first-order chi connectivity index (χ1) is 10.6. The van der Waals surface area contributed by atoms with Gasteiger partial charge in [-0.05, 0) is 37.5 Å². The van der Waals surface area contributed by atoms with Crippen LogP contribution in [0.25, 0.3) is 0 Å². The first kappa shape index (κ1) is 17.7. The third-order valence-electron chi connectivity index (χ3n) is 3.65. The van der Waals surface area contributed by atoms with Crippen molar-refractivity contribution in [1.29, 1.82) is 0 Å². The highest BCUT2D eigenvalue weighted by Gasteiger charge is 2.40. The van der Waals surface area contributed by atoms with Crippen LogP contribution in [0.5, 0.6) is 0 Å². The molecule has 1 fully saturated rings. The maximum Gasteiger partial charge on any atom is 0.322 e. The summed E-state index contributed by atoms with van der Waals surface area (Å²) in [5.74, 6) is -1.62. The molecule has 1 saturated heterocycles. The van der Waals surface area contributed by atoms with Crippen LogP contribution in [0, 0.1) is 6.92 Å². The number of hydrogen-bond donors (Lipinski definition) is 2. The van der Waals surface area contributed by atoms with Crippen molar-refractivity contribution in [3.63, 3.8) is 0 Å². The van der Waals surface area contributed by atoms with Crippen LogP contribution < -0.4 is 5.32 Å². The SMILES string of the molecule is CC(=O)Nc1cc(C)c(Cl)cc1S(=O)(=O)N1CCC[C@H]1C(=O)O. The first-order valence-electron chi connectivity index (χ1n) is 6.97. The van der Waals surface area contributed by atoms with E-state index >= 15 is 0 Å². The zero-order valence-corrected chi connectivity index (χ0v) is 14.2. The van der Waals surface area contributed by atoms with Gasteiger partial charge in [0.2, 0.25) is 15.9 Å². The second-order valence-electron chi connectivity index (χ2n) is 5.39. The molecule has 1 aromatic carbocycles. The monoisotopic (exact) mass is 360 g/mol. The number of hydrogen-bond acceptors (Lipinski definition) is 4. The predicted molar refractivity (Wildman–Crippen MR) is 85.0 cm³/mol. The molecule has 0 saturated carbocycles. The zero-order chi connectivity index (χ0) is 17.4. The van der Waals surface area contributed by atoms with E-state index in [-0.39, 0.29) is 28.6 Å². The summed E-state index contributed by atoms with van der Waals surface area (Å²) in [6, 6.07) is 1.60. The Morgan fingerprint density at radius 2 is 2.04 bits per heavy atom. The average Bonchev–Trinajstić information content (AvgIpc) is 2.92. The molecule has 0 radical (unpaired) electrons. The van der Waals surface area contributed by atoms with E-state index in [9.17, 15) is 23.1 Å². The molecule has 1 aliphatic rings. The smallest absolute Gasteiger partial charge is 0.322 e. The highest BCUT2D eigenvalue weighted by molar-refractivity contribution is 7.89. The fourth-order valence-corrected chi connectivity index (χ4v) is 4.60. The molecule has 0 aliphatic carbocycles. The van der Waals surface area contributed by atoms with E-state index in [0.29, 0.717) is 12.0 Å². The molecule has 126 valence electrons. The lowest BCUT2D eigenvalue weighted by Crippen LogP contribution is -2.40. The van der Waals surface area contributed by atoms with Gasteiger partial charge in [-0.3, -0.25) is 9.59 Å². The van der Waals surface area contributed by atoms with Crippen LogP contribution in [-0.4, -0.2) is 42.3 Å². The summed E-state index contributed by atoms with van der Waals surface area (Å²) >= 11 is 6.02. The molecule has 7 nitrogen and oxygen atoms in total. The van der Waals surface area contributed by atoms with Crippen LogP contribution in [0.3, 0.4) is 0 Å². The van der Waals surface area contributed by atoms with E-state index in [1.165, 1.54) is 19.1 Å². The Kier molecular flexibility index (Phi) is 4.98. The van der Waals surface area contributed by atoms with Gasteiger partial charge in [-0.25, -0.2) is 8.42 Å². The number of sulfonamides is 1. The van der Waals surface area contributed by atoms with Gasteiger partial charge in [0.1, 0.15) is 10.9 Å². The lowest BCUT2D eigenvalue weighted by Gasteiger charge is -2.23. The lowest BCUT2D eigenvalue weighted by molar-refractivity contribution is -0.140. The number of carboxylic acid groups (broad SMARTS) is 1. The topological polar surface area (TPSA) is 104 Å². The minimum Gasteiger partial charge on any atom is -0.480 e. The third kappa shape index (κ3) is 3.49. The summed E-state index contributed by atoms with van der Waals surface area (Å²) in [5.41, 5.74) is 0.695. The van der Waals surface area contributed by atoms with Crippen LogP contribution in [-0.2, 0) is 19.6 Å². The fraction of sp³-hybridized carbons (Fsp3) is 0.429. The maximum atomic E-state index is 12.9. The van der Waals surface area contributed by atoms with Crippen LogP contribution in [0.2, 0.25) is 5.02 Å². The quantitative estimate of drug-likeness (QED) is 0.852. The van der Waals surface area contributed by atoms with Crippen molar-refractivity contribution in [3.8, 4) is 0 Å². The third-order valence-corrected chi connectivity index (χ3v) is 6.00. The number of carbonyl (C=O) groups excluding carboxylic acids is 1. The number of halogens is 1. The van der Waals surface area contributed by atoms with Gasteiger partial charge in [0.15, 0.2) is 0 Å². The van der Waals surface area contributed by atoms with Crippen molar-refractivity contribution < 1.29 is 23.1 Å². The second kappa shape index (κ2) is 6.46. The normalized spacial score (nSPS) is 18.8. The van der Waals surface area contributed by atoms with Crippen molar-refractivity contribution in [1.82, 2.24) is 4.31 Å². The number of carboxylic acids is 1. The Bertz CT molecular complexity index is 763.